The molecule has 17 nitrogen and oxygen atoms in total. The average Bonchev–Trinajstić information content (AvgIpc) is 3.62. The number of nitrogens with two attached hydrogens (primary N) is 2. The molecule has 4 aromatic rings. The minimum atomic E-state index is -4.24. The number of aromatic nitrogens is 9. The third-order valence-electron chi connectivity index (χ3n) is 7.19. The van der Waals surface area contributed by atoms with Gasteiger partial charge in [0.2, 0.25) is 5.95 Å². The molecule has 4 aromatic heterocycles. The lowest BCUT2D eigenvalue weighted by Gasteiger charge is -2.35. The van der Waals surface area contributed by atoms with Crippen LogP contribution in [0.3, 0.4) is 0 Å². The van der Waals surface area contributed by atoms with Gasteiger partial charge in [0, 0.05) is 5.92 Å². The van der Waals surface area contributed by atoms with Crippen LogP contribution in [0.15, 0.2) is 17.4 Å². The zero-order valence-corrected chi connectivity index (χ0v) is 22.8. The molecule has 220 valence electrons. The Morgan fingerprint density at radius 1 is 1.22 bits per heavy atom. The summed E-state index contributed by atoms with van der Waals surface area (Å²) >= 11 is 5.10. The molecule has 2 fully saturated rings. The molecular formula is C20H24F2N11O6PS. The lowest BCUT2D eigenvalue weighted by atomic mass is 9.85. The van der Waals surface area contributed by atoms with Crippen LogP contribution in [0.2, 0.25) is 0 Å². The molecule has 2 aliphatic rings. The maximum absolute atomic E-state index is 16.1. The van der Waals surface area contributed by atoms with E-state index in [9.17, 15) is 14.8 Å². The van der Waals surface area contributed by atoms with Gasteiger partial charge in [0.1, 0.15) is 18.6 Å². The van der Waals surface area contributed by atoms with Gasteiger partial charge in [0.25, 0.3) is 5.56 Å². The van der Waals surface area contributed by atoms with E-state index in [1.807, 2.05) is 0 Å². The topological polar surface area (TPSA) is 240 Å². The van der Waals surface area contributed by atoms with Crippen molar-refractivity contribution in [1.82, 2.24) is 44.5 Å². The molecule has 0 bridgehead atoms. The van der Waals surface area contributed by atoms with Gasteiger partial charge in [0.15, 0.2) is 46.8 Å². The molecule has 41 heavy (non-hydrogen) atoms. The van der Waals surface area contributed by atoms with E-state index in [-0.39, 0.29) is 40.5 Å². The number of rotatable bonds is 3. The number of ether oxygens (including phenoxy) is 1. The van der Waals surface area contributed by atoms with E-state index in [0.717, 1.165) is 15.6 Å². The maximum atomic E-state index is 16.1. The number of nitrogen functional groups attached to an aromatic ring is 2. The molecule has 6 heterocycles. The van der Waals surface area contributed by atoms with Gasteiger partial charge in [-0.1, -0.05) is 12.1 Å². The largest absolute Gasteiger partial charge is 0.382 e. The predicted octanol–water partition coefficient (Wildman–Crippen LogP) is -0.142. The van der Waals surface area contributed by atoms with E-state index in [0.29, 0.717) is 0 Å². The molecule has 0 saturated carbocycles. The number of hydrogen-bond donors (Lipinski definition) is 5. The molecular weight excluding hydrogens is 591 g/mol. The quantitative estimate of drug-likeness (QED) is 0.188. The van der Waals surface area contributed by atoms with E-state index < -0.39 is 67.7 Å². The Hall–Kier alpha value is -3.26. The van der Waals surface area contributed by atoms with Crippen LogP contribution in [0.5, 0.6) is 0 Å². The van der Waals surface area contributed by atoms with E-state index in [1.165, 1.54) is 13.3 Å². The molecule has 6 rings (SSSR count). The molecule has 0 aliphatic carbocycles. The van der Waals surface area contributed by atoms with Crippen LogP contribution in [-0.4, -0.2) is 85.6 Å². The van der Waals surface area contributed by atoms with Gasteiger partial charge >= 0.3 is 6.72 Å². The van der Waals surface area contributed by atoms with Crippen LogP contribution < -0.4 is 17.0 Å². The number of aliphatic hydroxyl groups excluding tert-OH is 1. The van der Waals surface area contributed by atoms with Gasteiger partial charge < -0.3 is 30.7 Å². The van der Waals surface area contributed by atoms with Gasteiger partial charge in [-0.2, -0.15) is 9.67 Å². The number of alkyl halides is 2. The Kier molecular flexibility index (Phi) is 6.96. The van der Waals surface area contributed by atoms with Gasteiger partial charge in [-0.25, -0.2) is 23.7 Å². The Morgan fingerprint density at radius 3 is 2.78 bits per heavy atom. The van der Waals surface area contributed by atoms with Crippen molar-refractivity contribution in [2.45, 2.75) is 50.4 Å². The van der Waals surface area contributed by atoms with Crippen molar-refractivity contribution in [1.29, 1.82) is 0 Å². The van der Waals surface area contributed by atoms with Crippen molar-refractivity contribution in [3.8, 4) is 0 Å². The lowest BCUT2D eigenvalue weighted by Crippen LogP contribution is -2.41. The van der Waals surface area contributed by atoms with Crippen molar-refractivity contribution in [2.75, 3.05) is 18.1 Å². The fourth-order valence-corrected chi connectivity index (χ4v) is 6.58. The summed E-state index contributed by atoms with van der Waals surface area (Å²) in [4.78, 5) is 41.0. The van der Waals surface area contributed by atoms with E-state index in [1.54, 1.807) is 0 Å². The Bertz CT molecular complexity index is 1720. The lowest BCUT2D eigenvalue weighted by molar-refractivity contribution is -0.0854. The molecule has 0 amide bonds. The van der Waals surface area contributed by atoms with Gasteiger partial charge in [0.05, 0.1) is 19.0 Å². The van der Waals surface area contributed by atoms with E-state index in [4.69, 9.17) is 37.1 Å². The number of halogens is 2. The molecule has 2 saturated heterocycles. The van der Waals surface area contributed by atoms with Crippen LogP contribution in [0.4, 0.5) is 20.5 Å². The summed E-state index contributed by atoms with van der Waals surface area (Å²) in [6.45, 7) is -3.17. The molecule has 2 aliphatic heterocycles. The summed E-state index contributed by atoms with van der Waals surface area (Å²) in [5.74, 6) is -2.14. The number of nitrogens with zero attached hydrogens (tertiary/aromatic N) is 8. The smallest absolute Gasteiger partial charge is 0.325 e. The van der Waals surface area contributed by atoms with Crippen LogP contribution in [-0.2, 0) is 25.6 Å². The number of anilines is 2. The van der Waals surface area contributed by atoms with Crippen LogP contribution in [0.1, 0.15) is 25.8 Å². The fraction of sp³-hybridized carbons (Fsp3) is 0.550. The zero-order valence-electron chi connectivity index (χ0n) is 21.1. The number of hydrogen-bond acceptors (Lipinski definition) is 14. The summed E-state index contributed by atoms with van der Waals surface area (Å²) in [6.07, 6.45) is -7.67. The third-order valence-corrected chi connectivity index (χ3v) is 8.75. The molecule has 3 unspecified atom stereocenters. The summed E-state index contributed by atoms with van der Waals surface area (Å²) in [7, 11) is 0. The first kappa shape index (κ1) is 27.9. The first-order valence-electron chi connectivity index (χ1n) is 12.3. The number of imidazole rings is 1. The van der Waals surface area contributed by atoms with Gasteiger partial charge in [-0.3, -0.25) is 18.9 Å². The minimum Gasteiger partial charge on any atom is -0.382 e. The molecule has 0 aromatic carbocycles. The average molecular weight is 616 g/mol. The summed E-state index contributed by atoms with van der Waals surface area (Å²) in [6, 6.07) is 0. The monoisotopic (exact) mass is 615 g/mol. The SMILES string of the molecule is CC1CC2[C@@H](COP(O)(=S)O[C@@H]([C@@H](O)n3cnc4c(=O)[nH]c(N)nc43)[C@@H]1F)O[C@@H](n1nnc3c(N)ncnc31)[C@H]2F. The number of H-pyrrole nitrogens is 1. The highest BCUT2D eigenvalue weighted by atomic mass is 32.5. The summed E-state index contributed by atoms with van der Waals surface area (Å²) in [5, 5.41) is 19.0. The summed E-state index contributed by atoms with van der Waals surface area (Å²) < 4.78 is 51.0. The molecule has 21 heteroatoms. The van der Waals surface area contributed by atoms with Crippen LogP contribution >= 0.6 is 6.72 Å². The number of nitrogens with one attached hydrogen (secondary N) is 1. The van der Waals surface area contributed by atoms with Crippen molar-refractivity contribution in [2.24, 2.45) is 11.8 Å². The predicted molar refractivity (Wildman–Crippen MR) is 140 cm³/mol. The number of aliphatic hydroxyl groups is 1. The molecule has 0 radical (unpaired) electrons. The second-order valence-electron chi connectivity index (χ2n) is 9.82. The van der Waals surface area contributed by atoms with Gasteiger partial charge in [-0.05, 0) is 24.1 Å². The van der Waals surface area contributed by atoms with E-state index >= 15 is 8.78 Å². The highest BCUT2D eigenvalue weighted by molar-refractivity contribution is 8.07. The maximum Gasteiger partial charge on any atom is 0.325 e. The Balaban J connectivity index is 1.31. The number of aromatic amines is 1. The molecule has 7 N–H and O–H groups in total. The van der Waals surface area contributed by atoms with E-state index in [2.05, 4.69) is 35.2 Å². The first-order valence-corrected chi connectivity index (χ1v) is 14.9. The van der Waals surface area contributed by atoms with Crippen molar-refractivity contribution in [3.05, 3.63) is 23.0 Å². The van der Waals surface area contributed by atoms with Crippen LogP contribution in [0, 0.1) is 11.8 Å². The van der Waals surface area contributed by atoms with Crippen LogP contribution in [0.25, 0.3) is 22.3 Å². The van der Waals surface area contributed by atoms with Crippen molar-refractivity contribution < 1.29 is 32.6 Å². The molecule has 0 spiro atoms. The minimum absolute atomic E-state index is 0.0433. The summed E-state index contributed by atoms with van der Waals surface area (Å²) in [5.41, 5.74) is 10.7. The van der Waals surface area contributed by atoms with Gasteiger partial charge in [-0.15, -0.1) is 5.10 Å². The highest BCUT2D eigenvalue weighted by Gasteiger charge is 2.51. The second-order valence-corrected chi connectivity index (χ2v) is 12.6. The number of fused-ring (bicyclic) bond motifs is 3. The standard InChI is InChI=1S/C20H24F2N11O6PS/c1-6-2-7-8(38-19(10(7)22)33-15-11(30-31-33)14(23)25-4-26-15)3-37-40(36,41)39-13(9(6)21)18(35)32-5-27-12-16(32)28-20(24)29-17(12)34/h4-10,13,18-19,35H,2-3H2,1H3,(H,36,41)(H2,23,25,26)(H3,24,28,29,34)/t6?,7?,8-,9-,10+,13-,18-,19-,40?/m1/s1. The van der Waals surface area contributed by atoms with Crippen molar-refractivity contribution >= 4 is 52.6 Å². The second kappa shape index (κ2) is 10.2. The normalized spacial score (nSPS) is 33.6. The Morgan fingerprint density at radius 2 is 2.00 bits per heavy atom. The van der Waals surface area contributed by atoms with Crippen molar-refractivity contribution in [3.63, 3.8) is 0 Å². The highest BCUT2D eigenvalue weighted by Crippen LogP contribution is 2.51. The zero-order chi connectivity index (χ0) is 29.2. The fourth-order valence-electron chi connectivity index (χ4n) is 5.17. The molecule has 9 atom stereocenters. The first-order chi connectivity index (χ1) is 19.4. The Labute approximate surface area is 233 Å². The third kappa shape index (κ3) is 4.84.